The topological polar surface area (TPSA) is 55.1 Å². The van der Waals surface area contributed by atoms with Gasteiger partial charge in [-0.2, -0.15) is 0 Å². The SMILES string of the molecule is CCC(NC(=O)c1ccc(F)c(C)c1)C(N)=S. The molecule has 3 nitrogen and oxygen atoms in total. The number of hydrogen-bond acceptors (Lipinski definition) is 2. The fourth-order valence-corrected chi connectivity index (χ4v) is 1.63. The van der Waals surface area contributed by atoms with Gasteiger partial charge in [0.25, 0.3) is 5.91 Å². The standard InChI is InChI=1S/C12H15FN2OS/c1-3-10(11(14)17)15-12(16)8-4-5-9(13)7(2)6-8/h4-6,10H,3H2,1-2H3,(H2,14,17)(H,15,16). The molecule has 3 N–H and O–H groups in total. The number of halogens is 1. The lowest BCUT2D eigenvalue weighted by molar-refractivity contribution is 0.0946. The summed E-state index contributed by atoms with van der Waals surface area (Å²) in [7, 11) is 0. The van der Waals surface area contributed by atoms with Crippen LogP contribution < -0.4 is 11.1 Å². The third-order valence-electron chi connectivity index (χ3n) is 2.48. The van der Waals surface area contributed by atoms with Crippen LogP contribution in [0.4, 0.5) is 4.39 Å². The summed E-state index contributed by atoms with van der Waals surface area (Å²) in [5, 5.41) is 2.70. The number of thiocarbonyl (C=S) groups is 1. The maximum absolute atomic E-state index is 13.0. The van der Waals surface area contributed by atoms with Crippen molar-refractivity contribution < 1.29 is 9.18 Å². The van der Waals surface area contributed by atoms with Crippen LogP contribution >= 0.6 is 12.2 Å². The van der Waals surface area contributed by atoms with Crippen LogP contribution in [0.2, 0.25) is 0 Å². The molecule has 0 radical (unpaired) electrons. The van der Waals surface area contributed by atoms with E-state index in [0.29, 0.717) is 17.5 Å². The minimum Gasteiger partial charge on any atom is -0.392 e. The van der Waals surface area contributed by atoms with Gasteiger partial charge in [0.05, 0.1) is 11.0 Å². The van der Waals surface area contributed by atoms with Crippen LogP contribution in [0, 0.1) is 12.7 Å². The molecule has 1 aromatic rings. The molecule has 5 heteroatoms. The zero-order chi connectivity index (χ0) is 13.0. The first-order valence-electron chi connectivity index (χ1n) is 5.32. The number of hydrogen-bond donors (Lipinski definition) is 2. The van der Waals surface area contributed by atoms with Crippen molar-refractivity contribution in [1.82, 2.24) is 5.32 Å². The van der Waals surface area contributed by atoms with Gasteiger partial charge in [0.1, 0.15) is 5.82 Å². The monoisotopic (exact) mass is 254 g/mol. The molecular weight excluding hydrogens is 239 g/mol. The van der Waals surface area contributed by atoms with Crippen molar-refractivity contribution in [1.29, 1.82) is 0 Å². The summed E-state index contributed by atoms with van der Waals surface area (Å²) >= 11 is 4.83. The Balaban J connectivity index is 2.82. The van der Waals surface area contributed by atoms with Crippen LogP contribution in [-0.4, -0.2) is 16.9 Å². The van der Waals surface area contributed by atoms with Crippen molar-refractivity contribution in [3.05, 3.63) is 35.1 Å². The molecule has 0 aliphatic heterocycles. The normalized spacial score (nSPS) is 11.9. The van der Waals surface area contributed by atoms with Crippen molar-refractivity contribution in [3.63, 3.8) is 0 Å². The molecule has 0 spiro atoms. The Hall–Kier alpha value is -1.49. The molecule has 0 bridgehead atoms. The van der Waals surface area contributed by atoms with Gasteiger partial charge in [0.15, 0.2) is 0 Å². The van der Waals surface area contributed by atoms with Gasteiger partial charge < -0.3 is 11.1 Å². The van der Waals surface area contributed by atoms with Crippen molar-refractivity contribution in [2.45, 2.75) is 26.3 Å². The Morgan fingerprint density at radius 1 is 1.59 bits per heavy atom. The van der Waals surface area contributed by atoms with Gasteiger partial charge in [-0.3, -0.25) is 4.79 Å². The van der Waals surface area contributed by atoms with Crippen LogP contribution in [0.3, 0.4) is 0 Å². The van der Waals surface area contributed by atoms with Crippen LogP contribution in [0.25, 0.3) is 0 Å². The number of carbonyl (C=O) groups is 1. The van der Waals surface area contributed by atoms with Crippen LogP contribution in [-0.2, 0) is 0 Å². The first-order valence-corrected chi connectivity index (χ1v) is 5.72. The van der Waals surface area contributed by atoms with Gasteiger partial charge in [0, 0.05) is 5.56 Å². The summed E-state index contributed by atoms with van der Waals surface area (Å²) in [5.74, 6) is -0.629. The predicted molar refractivity (Wildman–Crippen MR) is 69.5 cm³/mol. The van der Waals surface area contributed by atoms with E-state index in [1.807, 2.05) is 6.92 Å². The highest BCUT2D eigenvalue weighted by molar-refractivity contribution is 7.80. The zero-order valence-electron chi connectivity index (χ0n) is 9.79. The van der Waals surface area contributed by atoms with Gasteiger partial charge in [-0.15, -0.1) is 0 Å². The molecule has 92 valence electrons. The van der Waals surface area contributed by atoms with E-state index in [-0.39, 0.29) is 22.8 Å². The average Bonchev–Trinajstić information content (AvgIpc) is 2.28. The summed E-state index contributed by atoms with van der Waals surface area (Å²) < 4.78 is 13.0. The number of benzene rings is 1. The maximum atomic E-state index is 13.0. The maximum Gasteiger partial charge on any atom is 0.251 e. The molecule has 1 unspecified atom stereocenters. The van der Waals surface area contributed by atoms with Crippen LogP contribution in [0.5, 0.6) is 0 Å². The molecule has 0 heterocycles. The first-order chi connectivity index (χ1) is 7.95. The van der Waals surface area contributed by atoms with Crippen molar-refractivity contribution in [2.24, 2.45) is 5.73 Å². The first kappa shape index (κ1) is 13.6. The molecule has 17 heavy (non-hydrogen) atoms. The second-order valence-electron chi connectivity index (χ2n) is 3.80. The molecule has 1 atom stereocenters. The third-order valence-corrected chi connectivity index (χ3v) is 2.76. The quantitative estimate of drug-likeness (QED) is 0.807. The molecular formula is C12H15FN2OS. The highest BCUT2D eigenvalue weighted by atomic mass is 32.1. The fourth-order valence-electron chi connectivity index (χ4n) is 1.40. The fraction of sp³-hybridized carbons (Fsp3) is 0.333. The third kappa shape index (κ3) is 3.49. The van der Waals surface area contributed by atoms with E-state index in [9.17, 15) is 9.18 Å². The average molecular weight is 254 g/mol. The van der Waals surface area contributed by atoms with E-state index in [4.69, 9.17) is 18.0 Å². The summed E-state index contributed by atoms with van der Waals surface area (Å²) in [6, 6.07) is 3.87. The van der Waals surface area contributed by atoms with Gasteiger partial charge in [-0.25, -0.2) is 4.39 Å². The molecule has 0 saturated carbocycles. The molecule has 1 rings (SSSR count). The van der Waals surface area contributed by atoms with E-state index in [1.54, 1.807) is 6.92 Å². The van der Waals surface area contributed by atoms with Crippen molar-refractivity contribution in [3.8, 4) is 0 Å². The van der Waals surface area contributed by atoms with Crippen LogP contribution in [0.15, 0.2) is 18.2 Å². The Bertz CT molecular complexity index is 448. The Morgan fingerprint density at radius 2 is 2.24 bits per heavy atom. The lowest BCUT2D eigenvalue weighted by Gasteiger charge is -2.15. The minimum absolute atomic E-state index is 0.250. The molecule has 0 aromatic heterocycles. The second kappa shape index (κ2) is 5.72. The van der Waals surface area contributed by atoms with Gasteiger partial charge in [-0.1, -0.05) is 19.1 Å². The van der Waals surface area contributed by atoms with Gasteiger partial charge in [-0.05, 0) is 37.1 Å². The summed E-state index contributed by atoms with van der Waals surface area (Å²) in [5.41, 5.74) is 6.32. The summed E-state index contributed by atoms with van der Waals surface area (Å²) in [6.45, 7) is 3.48. The Morgan fingerprint density at radius 3 is 2.71 bits per heavy atom. The lowest BCUT2D eigenvalue weighted by atomic mass is 10.1. The summed E-state index contributed by atoms with van der Waals surface area (Å²) in [6.07, 6.45) is 0.626. The highest BCUT2D eigenvalue weighted by Gasteiger charge is 2.14. The number of amides is 1. The summed E-state index contributed by atoms with van der Waals surface area (Å²) in [4.78, 5) is 12.1. The Labute approximate surface area is 105 Å². The highest BCUT2D eigenvalue weighted by Crippen LogP contribution is 2.09. The minimum atomic E-state index is -0.331. The van der Waals surface area contributed by atoms with E-state index >= 15 is 0 Å². The largest absolute Gasteiger partial charge is 0.392 e. The molecule has 0 fully saturated rings. The number of rotatable bonds is 4. The number of carbonyl (C=O) groups excluding carboxylic acids is 1. The molecule has 0 saturated heterocycles. The molecule has 0 aliphatic carbocycles. The van der Waals surface area contributed by atoms with E-state index in [0.717, 1.165) is 0 Å². The smallest absolute Gasteiger partial charge is 0.251 e. The van der Waals surface area contributed by atoms with E-state index in [1.165, 1.54) is 18.2 Å². The van der Waals surface area contributed by atoms with Gasteiger partial charge >= 0.3 is 0 Å². The molecule has 1 aromatic carbocycles. The van der Waals surface area contributed by atoms with Crippen molar-refractivity contribution in [2.75, 3.05) is 0 Å². The van der Waals surface area contributed by atoms with Crippen molar-refractivity contribution >= 4 is 23.1 Å². The van der Waals surface area contributed by atoms with E-state index < -0.39 is 0 Å². The van der Waals surface area contributed by atoms with Gasteiger partial charge in [0.2, 0.25) is 0 Å². The van der Waals surface area contributed by atoms with Crippen LogP contribution in [0.1, 0.15) is 29.3 Å². The predicted octanol–water partition coefficient (Wildman–Crippen LogP) is 1.93. The second-order valence-corrected chi connectivity index (χ2v) is 4.27. The number of aryl methyl sites for hydroxylation is 1. The number of nitrogens with two attached hydrogens (primary N) is 1. The molecule has 0 aliphatic rings. The Kier molecular flexibility index (Phi) is 4.57. The zero-order valence-corrected chi connectivity index (χ0v) is 10.6. The lowest BCUT2D eigenvalue weighted by Crippen LogP contribution is -2.43. The molecule has 1 amide bonds. The number of nitrogens with one attached hydrogen (secondary N) is 1. The van der Waals surface area contributed by atoms with E-state index in [2.05, 4.69) is 5.32 Å².